The van der Waals surface area contributed by atoms with E-state index in [0.717, 1.165) is 5.30 Å². The van der Waals surface area contributed by atoms with Gasteiger partial charge >= 0.3 is 0 Å². The van der Waals surface area contributed by atoms with Crippen LogP contribution in [0.2, 0.25) is 0 Å². The quantitative estimate of drug-likeness (QED) is 0.261. The molecular formula is C24H19OP. The molecule has 1 nitrogen and oxygen atoms in total. The van der Waals surface area contributed by atoms with Gasteiger partial charge in [0.05, 0.1) is 0 Å². The lowest BCUT2D eigenvalue weighted by Crippen LogP contribution is -2.01. The van der Waals surface area contributed by atoms with Crippen molar-refractivity contribution in [1.82, 2.24) is 0 Å². The van der Waals surface area contributed by atoms with Crippen LogP contribution in [0.15, 0.2) is 78.9 Å². The van der Waals surface area contributed by atoms with Crippen molar-refractivity contribution in [2.75, 3.05) is 13.3 Å². The fourth-order valence-corrected chi connectivity index (χ4v) is 4.85. The molecule has 0 fully saturated rings. The normalized spacial score (nSPS) is 12.4. The van der Waals surface area contributed by atoms with Crippen LogP contribution in [0.4, 0.5) is 0 Å². The van der Waals surface area contributed by atoms with Crippen LogP contribution in [0.3, 0.4) is 0 Å². The molecule has 0 saturated carbocycles. The van der Waals surface area contributed by atoms with Crippen molar-refractivity contribution in [3.63, 3.8) is 0 Å². The Balaban J connectivity index is 1.82. The fourth-order valence-electron chi connectivity index (χ4n) is 3.99. The van der Waals surface area contributed by atoms with Crippen LogP contribution in [0.5, 0.6) is 0 Å². The van der Waals surface area contributed by atoms with E-state index in [0.29, 0.717) is 0 Å². The zero-order valence-corrected chi connectivity index (χ0v) is 15.8. The first-order chi connectivity index (χ1) is 12.5. The van der Waals surface area contributed by atoms with E-state index in [9.17, 15) is 4.57 Å². The van der Waals surface area contributed by atoms with Gasteiger partial charge in [0, 0.05) is 5.30 Å². The summed E-state index contributed by atoms with van der Waals surface area (Å²) in [7, 11) is -2.22. The molecule has 5 aromatic carbocycles. The predicted octanol–water partition coefficient (Wildman–Crippen LogP) is 6.50. The molecule has 0 aliphatic rings. The lowest BCUT2D eigenvalue weighted by Gasteiger charge is -2.14. The van der Waals surface area contributed by atoms with Crippen LogP contribution in [-0.4, -0.2) is 13.3 Å². The van der Waals surface area contributed by atoms with Gasteiger partial charge in [0.1, 0.15) is 7.14 Å². The SMILES string of the molecule is CP(C)(=O)c1ccc(-c2ccc3ccc4cccc5ccc2c3c45)cc1. The van der Waals surface area contributed by atoms with E-state index >= 15 is 0 Å². The van der Waals surface area contributed by atoms with E-state index < -0.39 is 7.14 Å². The first kappa shape index (κ1) is 15.6. The Kier molecular flexibility index (Phi) is 3.26. The highest BCUT2D eigenvalue weighted by Gasteiger charge is 2.13. The third kappa shape index (κ3) is 2.28. The van der Waals surface area contributed by atoms with E-state index in [1.165, 1.54) is 43.4 Å². The van der Waals surface area contributed by atoms with Crippen LogP contribution < -0.4 is 5.30 Å². The van der Waals surface area contributed by atoms with Crippen molar-refractivity contribution in [3.8, 4) is 11.1 Å². The Morgan fingerprint density at radius 3 is 1.85 bits per heavy atom. The van der Waals surface area contributed by atoms with Gasteiger partial charge in [-0.1, -0.05) is 78.9 Å². The minimum absolute atomic E-state index is 0.930. The molecule has 0 radical (unpaired) electrons. The molecule has 0 atom stereocenters. The summed E-state index contributed by atoms with van der Waals surface area (Å²) in [6.07, 6.45) is 0. The Labute approximate surface area is 153 Å². The van der Waals surface area contributed by atoms with Crippen molar-refractivity contribution in [1.29, 1.82) is 0 Å². The van der Waals surface area contributed by atoms with E-state index in [4.69, 9.17) is 0 Å². The van der Waals surface area contributed by atoms with Crippen LogP contribution in [0.25, 0.3) is 43.4 Å². The Morgan fingerprint density at radius 1 is 0.615 bits per heavy atom. The largest absolute Gasteiger partial charge is 0.319 e. The zero-order valence-electron chi connectivity index (χ0n) is 14.9. The highest BCUT2D eigenvalue weighted by Crippen LogP contribution is 2.40. The Hall–Kier alpha value is -2.63. The second kappa shape index (κ2) is 5.43. The molecule has 0 saturated heterocycles. The average Bonchev–Trinajstić information content (AvgIpc) is 2.65. The van der Waals surface area contributed by atoms with Crippen molar-refractivity contribution in [2.45, 2.75) is 0 Å². The molecule has 0 heterocycles. The molecule has 2 heteroatoms. The second-order valence-corrected chi connectivity index (χ2v) is 10.6. The van der Waals surface area contributed by atoms with Gasteiger partial charge < -0.3 is 4.57 Å². The number of hydrogen-bond acceptors (Lipinski definition) is 1. The van der Waals surface area contributed by atoms with Gasteiger partial charge in [-0.3, -0.25) is 0 Å². The van der Waals surface area contributed by atoms with Gasteiger partial charge in [0.25, 0.3) is 0 Å². The van der Waals surface area contributed by atoms with Gasteiger partial charge in [-0.2, -0.15) is 0 Å². The smallest absolute Gasteiger partial charge is 0.109 e. The van der Waals surface area contributed by atoms with E-state index in [2.05, 4.69) is 66.7 Å². The van der Waals surface area contributed by atoms with Gasteiger partial charge in [0.2, 0.25) is 0 Å². The Bertz CT molecular complexity index is 1290. The topological polar surface area (TPSA) is 17.1 Å². The molecule has 0 aliphatic heterocycles. The maximum atomic E-state index is 12.3. The van der Waals surface area contributed by atoms with E-state index in [-0.39, 0.29) is 0 Å². The standard InChI is InChI=1S/C24H19OP/c1-26(2,25)20-12-8-16(9-13-20)21-14-10-19-7-6-17-4-3-5-18-11-15-22(21)24(19)23(17)18/h3-15H,1-2H3. The van der Waals surface area contributed by atoms with Crippen molar-refractivity contribution < 1.29 is 4.57 Å². The summed E-state index contributed by atoms with van der Waals surface area (Å²) in [5.41, 5.74) is 2.39. The molecule has 0 spiro atoms. The summed E-state index contributed by atoms with van der Waals surface area (Å²) in [5.74, 6) is 0. The minimum Gasteiger partial charge on any atom is -0.319 e. The molecule has 0 bridgehead atoms. The maximum Gasteiger partial charge on any atom is 0.109 e. The minimum atomic E-state index is -2.22. The molecule has 26 heavy (non-hydrogen) atoms. The summed E-state index contributed by atoms with van der Waals surface area (Å²) in [6.45, 7) is 3.64. The summed E-state index contributed by atoms with van der Waals surface area (Å²) < 4.78 is 12.3. The van der Waals surface area contributed by atoms with Crippen LogP contribution in [0, 0.1) is 0 Å². The molecule has 0 aliphatic carbocycles. The molecule has 0 N–H and O–H groups in total. The Morgan fingerprint density at radius 2 is 1.19 bits per heavy atom. The van der Waals surface area contributed by atoms with Gasteiger partial charge in [-0.25, -0.2) is 0 Å². The predicted molar refractivity (Wildman–Crippen MR) is 115 cm³/mol. The summed E-state index contributed by atoms with van der Waals surface area (Å²) in [6, 6.07) is 28.0. The third-order valence-corrected chi connectivity index (χ3v) is 6.87. The summed E-state index contributed by atoms with van der Waals surface area (Å²) in [5, 5.41) is 8.72. The third-order valence-electron chi connectivity index (χ3n) is 5.33. The highest BCUT2D eigenvalue weighted by atomic mass is 31.2. The zero-order chi connectivity index (χ0) is 17.9. The van der Waals surface area contributed by atoms with Gasteiger partial charge in [-0.15, -0.1) is 0 Å². The number of hydrogen-bond donors (Lipinski definition) is 0. The maximum absolute atomic E-state index is 12.3. The van der Waals surface area contributed by atoms with Gasteiger partial charge in [-0.05, 0) is 56.8 Å². The first-order valence-corrected chi connectivity index (χ1v) is 11.4. The monoisotopic (exact) mass is 354 g/mol. The van der Waals surface area contributed by atoms with Crippen LogP contribution in [-0.2, 0) is 4.57 Å². The molecular weight excluding hydrogens is 335 g/mol. The molecule has 126 valence electrons. The van der Waals surface area contributed by atoms with Gasteiger partial charge in [0.15, 0.2) is 0 Å². The number of benzene rings is 5. The van der Waals surface area contributed by atoms with Crippen LogP contribution in [0.1, 0.15) is 0 Å². The molecule has 5 aromatic rings. The molecule has 0 unspecified atom stereocenters. The highest BCUT2D eigenvalue weighted by molar-refractivity contribution is 7.70. The lowest BCUT2D eigenvalue weighted by molar-refractivity contribution is 0.588. The first-order valence-electron chi connectivity index (χ1n) is 8.85. The van der Waals surface area contributed by atoms with E-state index in [1.54, 1.807) is 0 Å². The number of rotatable bonds is 2. The van der Waals surface area contributed by atoms with Crippen molar-refractivity contribution in [2.24, 2.45) is 0 Å². The molecule has 0 amide bonds. The molecule has 5 rings (SSSR count). The van der Waals surface area contributed by atoms with Crippen molar-refractivity contribution in [3.05, 3.63) is 78.9 Å². The van der Waals surface area contributed by atoms with E-state index in [1.807, 2.05) is 25.5 Å². The second-order valence-electron chi connectivity index (χ2n) is 7.37. The lowest BCUT2D eigenvalue weighted by atomic mass is 9.90. The summed E-state index contributed by atoms with van der Waals surface area (Å²) in [4.78, 5) is 0. The molecule has 0 aromatic heterocycles. The summed E-state index contributed by atoms with van der Waals surface area (Å²) >= 11 is 0. The average molecular weight is 354 g/mol. The fraction of sp³-hybridized carbons (Fsp3) is 0.0833. The van der Waals surface area contributed by atoms with Crippen LogP contribution >= 0.6 is 7.14 Å². The van der Waals surface area contributed by atoms with Crippen molar-refractivity contribution >= 4 is 44.8 Å².